The average molecular weight is 845 g/mol. The minimum Gasteiger partial charge on any atom is -0.484 e. The van der Waals surface area contributed by atoms with E-state index in [1.165, 1.54) is 5.57 Å². The van der Waals surface area contributed by atoms with E-state index in [-0.39, 0.29) is 73.7 Å². The van der Waals surface area contributed by atoms with E-state index in [0.717, 1.165) is 60.3 Å². The zero-order valence-corrected chi connectivity index (χ0v) is 31.5. The molecule has 1 aromatic carbocycles. The van der Waals surface area contributed by atoms with Gasteiger partial charge < -0.3 is 27.5 Å². The predicted octanol–water partition coefficient (Wildman–Crippen LogP) is 6.15. The van der Waals surface area contributed by atoms with Gasteiger partial charge in [0, 0.05) is 5.92 Å². The summed E-state index contributed by atoms with van der Waals surface area (Å²) in [6.45, 7) is 10.2. The molecule has 234 valence electrons. The molecule has 2 aliphatic carbocycles. The summed E-state index contributed by atoms with van der Waals surface area (Å²) in [6.07, 6.45) is 10.4. The molecule has 3 N–H and O–H groups in total. The number of carbonyl (C=O) groups excluding carboxylic acids is 1. The van der Waals surface area contributed by atoms with Crippen LogP contribution >= 0.6 is 0 Å². The molecule has 0 unspecified atom stereocenters. The Labute approximate surface area is 284 Å². The molecule has 0 saturated heterocycles. The Bertz CT molecular complexity index is 1670. The van der Waals surface area contributed by atoms with E-state index in [4.69, 9.17) is 4.74 Å². The Morgan fingerprint density at radius 1 is 1.14 bits per heavy atom. The molecule has 12 heteroatoms. The van der Waals surface area contributed by atoms with E-state index in [1.807, 2.05) is 49.6 Å². The van der Waals surface area contributed by atoms with E-state index in [0.29, 0.717) is 5.69 Å². The van der Waals surface area contributed by atoms with Crippen LogP contribution in [-0.2, 0) is 15.4 Å². The molecule has 2 aromatic heterocycles. The Morgan fingerprint density at radius 3 is 2.55 bits per heavy atom. The summed E-state index contributed by atoms with van der Waals surface area (Å²) in [5.41, 5.74) is 4.34. The molecule has 0 fully saturated rings. The van der Waals surface area contributed by atoms with Gasteiger partial charge in [0.1, 0.15) is 17.7 Å². The van der Waals surface area contributed by atoms with E-state index in [9.17, 15) is 13.2 Å². The van der Waals surface area contributed by atoms with Gasteiger partial charge in [-0.1, -0.05) is 58.1 Å². The molecule has 2 heterocycles. The molecule has 0 aliphatic heterocycles. The topological polar surface area (TPSA) is 127 Å². The van der Waals surface area contributed by atoms with Crippen LogP contribution in [0, 0.1) is 44.6 Å². The molecule has 2 amide bonds. The van der Waals surface area contributed by atoms with Gasteiger partial charge in [0.25, 0.3) is 0 Å². The van der Waals surface area contributed by atoms with Crippen LogP contribution < -0.4 is 20.1 Å². The van der Waals surface area contributed by atoms with Gasteiger partial charge in [0.2, 0.25) is 10.0 Å². The van der Waals surface area contributed by atoms with Gasteiger partial charge >= 0.3 is 37.1 Å². The summed E-state index contributed by atoms with van der Waals surface area (Å²) in [6, 6.07) is 9.87. The first-order valence-electron chi connectivity index (χ1n) is 14.3. The van der Waals surface area contributed by atoms with Crippen LogP contribution in [0.4, 0.5) is 16.2 Å². The van der Waals surface area contributed by atoms with Crippen LogP contribution in [0.5, 0.6) is 5.75 Å². The summed E-state index contributed by atoms with van der Waals surface area (Å²) < 4.78 is 34.7. The molecule has 0 saturated carbocycles. The number of allylic oxidation sites excluding steroid dienone is 1. The maximum atomic E-state index is 13.2. The first-order chi connectivity index (χ1) is 19.8. The van der Waals surface area contributed by atoms with Crippen LogP contribution in [0.15, 0.2) is 53.8 Å². The van der Waals surface area contributed by atoms with E-state index in [2.05, 4.69) is 57.6 Å². The molecule has 3 aromatic rings. The number of ether oxygens (including phenoxy) is 1. The summed E-state index contributed by atoms with van der Waals surface area (Å²) in [4.78, 5) is 13.2. The van der Waals surface area contributed by atoms with Crippen molar-refractivity contribution in [3.05, 3.63) is 78.6 Å². The van der Waals surface area contributed by atoms with Gasteiger partial charge in [0.15, 0.2) is 5.65 Å². The first kappa shape index (κ1) is 35.7. The monoisotopic (exact) mass is 844 g/mol. The third-order valence-electron chi connectivity index (χ3n) is 7.51. The van der Waals surface area contributed by atoms with Crippen molar-refractivity contribution in [2.75, 3.05) is 16.3 Å². The quantitative estimate of drug-likeness (QED) is 0.245. The number of hydrogen-bond donors (Lipinski definition) is 3. The number of urea groups is 1. The van der Waals surface area contributed by atoms with E-state index >= 15 is 0 Å². The molecule has 2 aliphatic rings. The molecule has 5 rings (SSSR count). The van der Waals surface area contributed by atoms with Crippen molar-refractivity contribution < 1.29 is 49.1 Å². The molecule has 2 atom stereocenters. The number of carbonyl (C=O) groups is 1. The van der Waals surface area contributed by atoms with Crippen molar-refractivity contribution in [3.63, 3.8) is 0 Å². The number of benzene rings is 1. The van der Waals surface area contributed by atoms with Crippen LogP contribution in [0.25, 0.3) is 5.65 Å². The molecule has 0 bridgehead atoms. The van der Waals surface area contributed by atoms with Gasteiger partial charge in [-0.15, -0.1) is 34.0 Å². The van der Waals surface area contributed by atoms with Crippen LogP contribution in [0.2, 0.25) is 0 Å². The number of nitrogens with one attached hydrogen (secondary N) is 3. The fourth-order valence-corrected chi connectivity index (χ4v) is 5.99. The number of pyridine rings is 1. The van der Waals surface area contributed by atoms with Crippen LogP contribution in [0.3, 0.4) is 0 Å². The third-order valence-corrected chi connectivity index (χ3v) is 8.10. The number of aromatic nitrogens is 3. The number of nitrogens with zero attached hydrogens (tertiary/aromatic N) is 3. The molecule has 10 nitrogen and oxygen atoms in total. The zero-order chi connectivity index (χ0) is 30.2. The minimum atomic E-state index is -3.50. The SMILES string of the molecule is CC(C)c1nnc2ccc(O[C@H]3CC[C@H](NC(=O)Nc4[c-]c(NS(C)(=O)=O)cc(C(C)(C)C)c4)C4=C3C=CCC4)cn12.[CH3-].[U+2]. The van der Waals surface area contributed by atoms with E-state index < -0.39 is 10.0 Å². The second-order valence-electron chi connectivity index (χ2n) is 12.4. The van der Waals surface area contributed by atoms with Crippen molar-refractivity contribution in [1.29, 1.82) is 0 Å². The summed E-state index contributed by atoms with van der Waals surface area (Å²) in [7, 11) is -3.50. The Morgan fingerprint density at radius 2 is 1.86 bits per heavy atom. The summed E-state index contributed by atoms with van der Waals surface area (Å²) >= 11 is 0. The van der Waals surface area contributed by atoms with Gasteiger partial charge in [-0.05, 0) is 54.4 Å². The van der Waals surface area contributed by atoms with Gasteiger partial charge in [-0.3, -0.25) is 4.40 Å². The van der Waals surface area contributed by atoms with Crippen molar-refractivity contribution in [1.82, 2.24) is 19.9 Å². The second kappa shape index (κ2) is 14.1. The second-order valence-corrected chi connectivity index (χ2v) is 14.1. The number of hydrogen-bond acceptors (Lipinski definition) is 6. The Balaban J connectivity index is 0.00000264. The fraction of sp³-hybridized carbons (Fsp3) is 0.438. The Hall–Kier alpha value is -2.81. The van der Waals surface area contributed by atoms with Gasteiger partial charge in [-0.2, -0.15) is 0 Å². The minimum absolute atomic E-state index is 0. The third kappa shape index (κ3) is 8.46. The molecular formula is C32H42N6O4SU. The largest absolute Gasteiger partial charge is 2.00 e. The van der Waals surface area contributed by atoms with Crippen molar-refractivity contribution in [2.24, 2.45) is 0 Å². The number of fused-ring (bicyclic) bond motifs is 1. The fourth-order valence-electron chi connectivity index (χ4n) is 5.48. The Kier molecular flexibility index (Phi) is 11.4. The van der Waals surface area contributed by atoms with E-state index in [1.54, 1.807) is 6.07 Å². The van der Waals surface area contributed by atoms with Gasteiger partial charge in [0.05, 0.1) is 18.5 Å². The molecule has 44 heavy (non-hydrogen) atoms. The van der Waals surface area contributed by atoms with Crippen molar-refractivity contribution in [3.8, 4) is 5.75 Å². The van der Waals surface area contributed by atoms with Crippen molar-refractivity contribution >= 4 is 33.1 Å². The maximum absolute atomic E-state index is 13.2. The summed E-state index contributed by atoms with van der Waals surface area (Å²) in [5.74, 6) is 1.86. The van der Waals surface area contributed by atoms with Gasteiger partial charge in [-0.25, -0.2) is 13.2 Å². The number of sulfonamides is 1. The normalized spacial score (nSPS) is 18.2. The first-order valence-corrected chi connectivity index (χ1v) is 16.2. The number of amides is 2. The average Bonchev–Trinajstić information content (AvgIpc) is 3.32. The standard InChI is InChI=1S/C31H39N6O4S.CH3.U/c1-19(2)29-35-34-28-14-11-23(18-37(28)29)41-27-13-12-26(24-9-7-8-10-25(24)27)33-30(38)32-21-15-20(31(3,4)5)16-22(17-21)36-42(6,39)40;;/h8,10-11,14-16,18-19,26-27,36H,7,9,12-13H2,1-6H3,(H2,32,33,38);1H3;/q2*-1;+2/t26-,27-;;/m0../s1. The summed E-state index contributed by atoms with van der Waals surface area (Å²) in [5, 5.41) is 14.6. The molecular weight excluding hydrogens is 802 g/mol. The predicted molar refractivity (Wildman–Crippen MR) is 171 cm³/mol. The van der Waals surface area contributed by atoms with Crippen LogP contribution in [0.1, 0.15) is 77.6 Å². The number of anilines is 2. The number of rotatable bonds is 7. The van der Waals surface area contributed by atoms with Crippen molar-refractivity contribution in [2.45, 2.75) is 83.8 Å². The molecule has 0 radical (unpaired) electrons. The maximum Gasteiger partial charge on any atom is 2.00 e. The molecule has 0 spiro atoms. The smallest absolute Gasteiger partial charge is 0.484 e. The zero-order valence-electron chi connectivity index (χ0n) is 26.5. The van der Waals surface area contributed by atoms with Crippen LogP contribution in [-0.4, -0.2) is 47.4 Å².